The van der Waals surface area contributed by atoms with Crippen LogP contribution in [0.5, 0.6) is 0 Å². The molecule has 3 aliphatic rings. The van der Waals surface area contributed by atoms with Gasteiger partial charge in [-0.25, -0.2) is 0 Å². The molecule has 0 spiro atoms. The predicted molar refractivity (Wildman–Crippen MR) is 155 cm³/mol. The summed E-state index contributed by atoms with van der Waals surface area (Å²) in [6.07, 6.45) is -2.56. The van der Waals surface area contributed by atoms with Crippen LogP contribution in [0, 0.1) is 0 Å². The van der Waals surface area contributed by atoms with Crippen molar-refractivity contribution in [3.8, 4) is 0 Å². The largest absolute Gasteiger partial charge is 0.399 e. The molecule has 3 aliphatic heterocycles. The number of hydrogen-bond donors (Lipinski definition) is 0. The first-order valence-electron chi connectivity index (χ1n) is 13.9. The van der Waals surface area contributed by atoms with E-state index in [1.807, 2.05) is 64.1 Å². The highest BCUT2D eigenvalue weighted by Crippen LogP contribution is 2.46. The zero-order chi connectivity index (χ0) is 27.9. The van der Waals surface area contributed by atoms with Crippen LogP contribution in [0.1, 0.15) is 27.7 Å². The quantitative estimate of drug-likeness (QED) is 0.220. The van der Waals surface area contributed by atoms with E-state index in [1.54, 1.807) is 0 Å². The SMILES string of the molecule is CC1(C)OCC([C@H]2O[C@@H]3OC(C)(C)O[C@@H]3[C@H]2Op2oc3ccc4ccccc4c3c3c(ccc4ccccc43)o2)O1. The molecule has 1 unspecified atom stereocenters. The lowest BCUT2D eigenvalue weighted by molar-refractivity contribution is -0.228. The molecule has 5 atom stereocenters. The van der Waals surface area contributed by atoms with E-state index in [0.29, 0.717) is 17.8 Å². The molecule has 0 saturated carbocycles. The Labute approximate surface area is 237 Å². The molecule has 3 fully saturated rings. The minimum Gasteiger partial charge on any atom is -0.399 e. The summed E-state index contributed by atoms with van der Waals surface area (Å²) >= 11 is 0. The molecular formula is C32H31O8P. The summed E-state index contributed by atoms with van der Waals surface area (Å²) in [5.74, 6) is -1.54. The van der Waals surface area contributed by atoms with Gasteiger partial charge in [0.05, 0.1) is 6.61 Å². The van der Waals surface area contributed by atoms with E-state index < -0.39 is 44.4 Å². The monoisotopic (exact) mass is 574 g/mol. The van der Waals surface area contributed by atoms with Crippen molar-refractivity contribution in [2.75, 3.05) is 6.61 Å². The molecule has 3 saturated heterocycles. The minimum atomic E-state index is -1.92. The van der Waals surface area contributed by atoms with Crippen molar-refractivity contribution in [1.82, 2.24) is 0 Å². The van der Waals surface area contributed by atoms with Crippen LogP contribution >= 0.6 is 8.24 Å². The summed E-state index contributed by atoms with van der Waals surface area (Å²) in [7, 11) is -1.92. The van der Waals surface area contributed by atoms with Gasteiger partial charge < -0.3 is 32.1 Å². The fourth-order valence-corrected chi connectivity index (χ4v) is 7.48. The second-order valence-electron chi connectivity index (χ2n) is 11.7. The van der Waals surface area contributed by atoms with Crippen LogP contribution in [0.25, 0.3) is 43.5 Å². The Morgan fingerprint density at radius 3 is 1.88 bits per heavy atom. The third-order valence-electron chi connectivity index (χ3n) is 8.01. The van der Waals surface area contributed by atoms with Crippen molar-refractivity contribution >= 4 is 51.7 Å². The molecule has 9 heteroatoms. The Morgan fingerprint density at radius 2 is 1.29 bits per heavy atom. The second-order valence-corrected chi connectivity index (χ2v) is 12.8. The first-order chi connectivity index (χ1) is 19.7. The lowest BCUT2D eigenvalue weighted by Gasteiger charge is -2.28. The predicted octanol–water partition coefficient (Wildman–Crippen LogP) is 7.42. The van der Waals surface area contributed by atoms with Crippen LogP contribution in [-0.2, 0) is 23.7 Å². The maximum absolute atomic E-state index is 6.73. The Morgan fingerprint density at radius 1 is 0.683 bits per heavy atom. The lowest BCUT2D eigenvalue weighted by Crippen LogP contribution is -2.45. The summed E-state index contributed by atoms with van der Waals surface area (Å²) in [4.78, 5) is 0. The van der Waals surface area contributed by atoms with E-state index in [1.165, 1.54) is 0 Å². The molecule has 8 rings (SSSR count). The van der Waals surface area contributed by atoms with E-state index in [2.05, 4.69) is 36.4 Å². The standard InChI is InChI=1S/C32H31O8P/c1-31(2)33-17-24(35-31)27-28(29-30(34-27)37-32(3,4)36-29)40-41-38-22-15-13-18-9-5-7-11-20(18)25(22)26-21-12-8-6-10-19(21)14-16-23(26)39-41/h5-16,24,27-30H,17H2,1-4H3/t24?,27-,28+,29-,30-/m1/s1. The number of rotatable bonds is 3. The Kier molecular flexibility index (Phi) is 5.83. The molecule has 1 aromatic heterocycles. The van der Waals surface area contributed by atoms with E-state index in [9.17, 15) is 0 Å². The van der Waals surface area contributed by atoms with Crippen molar-refractivity contribution in [3.63, 3.8) is 0 Å². The maximum atomic E-state index is 6.73. The van der Waals surface area contributed by atoms with Crippen LogP contribution in [0.15, 0.2) is 81.2 Å². The van der Waals surface area contributed by atoms with Gasteiger partial charge in [0.25, 0.3) is 0 Å². The number of fused-ring (bicyclic) bond motifs is 8. The van der Waals surface area contributed by atoms with Crippen LogP contribution < -0.4 is 4.52 Å². The molecule has 4 heterocycles. The highest BCUT2D eigenvalue weighted by atomic mass is 31.1. The van der Waals surface area contributed by atoms with Crippen molar-refractivity contribution in [2.24, 2.45) is 0 Å². The van der Waals surface area contributed by atoms with Gasteiger partial charge in [-0.2, -0.15) is 0 Å². The fraction of sp³-hybridized carbons (Fsp3) is 0.375. The highest BCUT2D eigenvalue weighted by molar-refractivity contribution is 7.31. The van der Waals surface area contributed by atoms with E-state index >= 15 is 0 Å². The topological polar surface area (TPSA) is 81.7 Å². The second kappa shape index (κ2) is 9.28. The highest BCUT2D eigenvalue weighted by Gasteiger charge is 2.59. The van der Waals surface area contributed by atoms with Gasteiger partial charge in [0.2, 0.25) is 0 Å². The first-order valence-corrected chi connectivity index (χ1v) is 15.0. The van der Waals surface area contributed by atoms with Gasteiger partial charge in [-0.3, -0.25) is 4.52 Å². The number of benzene rings is 4. The molecule has 8 nitrogen and oxygen atoms in total. The molecule has 5 aromatic rings. The minimum absolute atomic E-state index is 0.365. The summed E-state index contributed by atoms with van der Waals surface area (Å²) in [6.45, 7) is 7.87. The molecule has 0 aliphatic carbocycles. The molecule has 212 valence electrons. The average Bonchev–Trinajstić information content (AvgIpc) is 3.52. The number of ether oxygens (including phenoxy) is 5. The zero-order valence-electron chi connectivity index (χ0n) is 23.2. The third kappa shape index (κ3) is 4.37. The van der Waals surface area contributed by atoms with Gasteiger partial charge in [0.15, 0.2) is 17.9 Å². The van der Waals surface area contributed by atoms with Crippen LogP contribution in [-0.4, -0.2) is 48.9 Å². The van der Waals surface area contributed by atoms with Gasteiger partial charge in [-0.05, 0) is 61.4 Å². The first kappa shape index (κ1) is 25.7. The van der Waals surface area contributed by atoms with Crippen molar-refractivity contribution in [3.05, 3.63) is 72.8 Å². The van der Waals surface area contributed by atoms with Crippen molar-refractivity contribution in [1.29, 1.82) is 0 Å². The molecule has 4 aromatic carbocycles. The van der Waals surface area contributed by atoms with Gasteiger partial charge >= 0.3 is 8.24 Å². The molecular weight excluding hydrogens is 543 g/mol. The summed E-state index contributed by atoms with van der Waals surface area (Å²) < 4.78 is 50.7. The summed E-state index contributed by atoms with van der Waals surface area (Å²) in [6, 6.07) is 24.8. The molecule has 0 amide bonds. The Hall–Kier alpha value is -2.94. The normalized spacial score (nSPS) is 28.6. The van der Waals surface area contributed by atoms with E-state index in [-0.39, 0.29) is 6.10 Å². The van der Waals surface area contributed by atoms with Gasteiger partial charge in [-0.15, -0.1) is 0 Å². The van der Waals surface area contributed by atoms with Crippen molar-refractivity contribution in [2.45, 2.75) is 70.0 Å². The van der Waals surface area contributed by atoms with Gasteiger partial charge in [-0.1, -0.05) is 60.7 Å². The van der Waals surface area contributed by atoms with Crippen LogP contribution in [0.3, 0.4) is 0 Å². The van der Waals surface area contributed by atoms with Gasteiger partial charge in [0.1, 0.15) is 35.6 Å². The fourth-order valence-electron chi connectivity index (χ4n) is 6.29. The van der Waals surface area contributed by atoms with Crippen LogP contribution in [0.2, 0.25) is 0 Å². The third-order valence-corrected chi connectivity index (χ3v) is 9.12. The zero-order valence-corrected chi connectivity index (χ0v) is 24.1. The van der Waals surface area contributed by atoms with E-state index in [0.717, 1.165) is 32.3 Å². The molecule has 0 N–H and O–H groups in total. The smallest absolute Gasteiger partial charge is 0.387 e. The lowest BCUT2D eigenvalue weighted by atomic mass is 9.99. The Bertz CT molecular complexity index is 1750. The van der Waals surface area contributed by atoms with E-state index in [4.69, 9.17) is 36.6 Å². The average molecular weight is 575 g/mol. The van der Waals surface area contributed by atoms with Crippen LogP contribution in [0.4, 0.5) is 0 Å². The summed E-state index contributed by atoms with van der Waals surface area (Å²) in [5, 5.41) is 6.37. The molecule has 0 bridgehead atoms. The molecule has 41 heavy (non-hydrogen) atoms. The van der Waals surface area contributed by atoms with Crippen molar-refractivity contribution < 1.29 is 36.6 Å². The van der Waals surface area contributed by atoms with Gasteiger partial charge in [0, 0.05) is 10.8 Å². The Balaban J connectivity index is 1.32. The maximum Gasteiger partial charge on any atom is 0.387 e. The molecule has 0 radical (unpaired) electrons. The number of hydrogen-bond acceptors (Lipinski definition) is 8. The summed E-state index contributed by atoms with van der Waals surface area (Å²) in [5.41, 5.74) is 1.39.